The van der Waals surface area contributed by atoms with E-state index in [1.807, 2.05) is 0 Å². The highest BCUT2D eigenvalue weighted by molar-refractivity contribution is 7.89. The molecule has 1 aromatic heterocycles. The standard InChI is InChI=1S/C11H17ClN4O2S/c12-10-6-9(7-14-11(10)16-13)19(17,18)15-5-4-8-2-1-3-8/h6-8,15H,1-5,13H2,(H,14,16). The highest BCUT2D eigenvalue weighted by atomic mass is 35.5. The van der Waals surface area contributed by atoms with E-state index in [4.69, 9.17) is 17.4 Å². The van der Waals surface area contributed by atoms with Gasteiger partial charge in [-0.2, -0.15) is 0 Å². The highest BCUT2D eigenvalue weighted by Gasteiger charge is 2.20. The number of pyridine rings is 1. The number of anilines is 1. The lowest BCUT2D eigenvalue weighted by molar-refractivity contribution is 0.297. The molecular weight excluding hydrogens is 288 g/mol. The van der Waals surface area contributed by atoms with E-state index in [9.17, 15) is 8.42 Å². The van der Waals surface area contributed by atoms with Crippen molar-refractivity contribution in [3.8, 4) is 0 Å². The normalized spacial score (nSPS) is 16.1. The fourth-order valence-electron chi connectivity index (χ4n) is 1.94. The number of nitrogens with zero attached hydrogens (tertiary/aromatic N) is 1. The number of halogens is 1. The Balaban J connectivity index is 1.99. The molecule has 1 aliphatic rings. The zero-order chi connectivity index (χ0) is 13.9. The zero-order valence-corrected chi connectivity index (χ0v) is 12.0. The summed E-state index contributed by atoms with van der Waals surface area (Å²) < 4.78 is 26.6. The van der Waals surface area contributed by atoms with Gasteiger partial charge in [-0.15, -0.1) is 0 Å². The molecule has 0 amide bonds. The summed E-state index contributed by atoms with van der Waals surface area (Å²) in [6.07, 6.45) is 5.76. The van der Waals surface area contributed by atoms with Gasteiger partial charge in [-0.1, -0.05) is 30.9 Å². The molecule has 106 valence electrons. The number of hydrogen-bond donors (Lipinski definition) is 3. The maximum atomic E-state index is 12.0. The molecule has 1 heterocycles. The number of sulfonamides is 1. The van der Waals surface area contributed by atoms with Gasteiger partial charge in [-0.25, -0.2) is 24.0 Å². The van der Waals surface area contributed by atoms with Gasteiger partial charge in [0.2, 0.25) is 10.0 Å². The average molecular weight is 305 g/mol. The van der Waals surface area contributed by atoms with Crippen molar-refractivity contribution >= 4 is 27.4 Å². The predicted molar refractivity (Wildman–Crippen MR) is 74.2 cm³/mol. The Morgan fingerprint density at radius 3 is 2.74 bits per heavy atom. The molecule has 0 aliphatic heterocycles. The number of hydrogen-bond acceptors (Lipinski definition) is 5. The monoisotopic (exact) mass is 304 g/mol. The smallest absolute Gasteiger partial charge is 0.242 e. The Morgan fingerprint density at radius 1 is 1.47 bits per heavy atom. The van der Waals surface area contributed by atoms with Crippen LogP contribution in [0, 0.1) is 5.92 Å². The second-order valence-corrected chi connectivity index (χ2v) is 6.80. The summed E-state index contributed by atoms with van der Waals surface area (Å²) in [6.45, 7) is 0.446. The van der Waals surface area contributed by atoms with Crippen molar-refractivity contribution in [3.63, 3.8) is 0 Å². The molecule has 1 fully saturated rings. The van der Waals surface area contributed by atoms with Crippen LogP contribution in [-0.2, 0) is 10.0 Å². The summed E-state index contributed by atoms with van der Waals surface area (Å²) in [5.74, 6) is 6.09. The first kappa shape index (κ1) is 14.5. The van der Waals surface area contributed by atoms with E-state index in [2.05, 4.69) is 15.1 Å². The average Bonchev–Trinajstić information content (AvgIpc) is 2.32. The van der Waals surface area contributed by atoms with Crippen molar-refractivity contribution in [3.05, 3.63) is 17.3 Å². The number of aromatic nitrogens is 1. The van der Waals surface area contributed by atoms with E-state index >= 15 is 0 Å². The fourth-order valence-corrected chi connectivity index (χ4v) is 3.24. The lowest BCUT2D eigenvalue weighted by atomic mass is 9.83. The van der Waals surface area contributed by atoms with Gasteiger partial charge in [0.05, 0.1) is 5.02 Å². The first-order valence-electron chi connectivity index (χ1n) is 6.15. The van der Waals surface area contributed by atoms with Crippen molar-refractivity contribution < 1.29 is 8.42 Å². The molecule has 8 heteroatoms. The molecule has 19 heavy (non-hydrogen) atoms. The first-order chi connectivity index (χ1) is 9.03. The van der Waals surface area contributed by atoms with Crippen LogP contribution in [0.2, 0.25) is 5.02 Å². The second kappa shape index (κ2) is 6.04. The third-order valence-corrected chi connectivity index (χ3v) is 5.05. The lowest BCUT2D eigenvalue weighted by Crippen LogP contribution is -2.27. The molecule has 0 atom stereocenters. The summed E-state index contributed by atoms with van der Waals surface area (Å²) in [4.78, 5) is 3.89. The summed E-state index contributed by atoms with van der Waals surface area (Å²) in [5.41, 5.74) is 2.29. The van der Waals surface area contributed by atoms with Crippen LogP contribution in [-0.4, -0.2) is 19.9 Å². The van der Waals surface area contributed by atoms with Gasteiger partial charge < -0.3 is 5.43 Å². The van der Waals surface area contributed by atoms with Gasteiger partial charge in [-0.05, 0) is 18.4 Å². The van der Waals surface area contributed by atoms with Crippen LogP contribution in [0.15, 0.2) is 17.2 Å². The van der Waals surface area contributed by atoms with Crippen LogP contribution in [0.1, 0.15) is 25.7 Å². The number of rotatable bonds is 6. The SMILES string of the molecule is NNc1ncc(S(=O)(=O)NCCC2CCC2)cc1Cl. The van der Waals surface area contributed by atoms with Gasteiger partial charge in [0, 0.05) is 12.7 Å². The molecular formula is C11H17ClN4O2S. The summed E-state index contributed by atoms with van der Waals surface area (Å²) in [6, 6.07) is 1.33. The van der Waals surface area contributed by atoms with Crippen LogP contribution in [0.4, 0.5) is 5.82 Å². The molecule has 0 radical (unpaired) electrons. The van der Waals surface area contributed by atoms with E-state index in [1.165, 1.54) is 31.5 Å². The summed E-state index contributed by atoms with van der Waals surface area (Å²) >= 11 is 5.85. The number of hydrazine groups is 1. The maximum Gasteiger partial charge on any atom is 0.242 e. The van der Waals surface area contributed by atoms with Gasteiger partial charge in [-0.3, -0.25) is 0 Å². The molecule has 1 saturated carbocycles. The molecule has 1 aliphatic carbocycles. The number of nitrogen functional groups attached to an aromatic ring is 1. The van der Waals surface area contributed by atoms with Crippen molar-refractivity contribution in [1.29, 1.82) is 0 Å². The van der Waals surface area contributed by atoms with E-state index in [0.717, 1.165) is 6.42 Å². The summed E-state index contributed by atoms with van der Waals surface area (Å²) in [7, 11) is -3.55. The van der Waals surface area contributed by atoms with Crippen LogP contribution in [0.3, 0.4) is 0 Å². The number of nitrogens with one attached hydrogen (secondary N) is 2. The molecule has 0 aromatic carbocycles. The summed E-state index contributed by atoms with van der Waals surface area (Å²) in [5, 5.41) is 0.171. The van der Waals surface area contributed by atoms with Crippen molar-refractivity contribution in [2.75, 3.05) is 12.0 Å². The van der Waals surface area contributed by atoms with E-state index in [0.29, 0.717) is 12.5 Å². The minimum absolute atomic E-state index is 0.0464. The Labute approximate surface area is 117 Å². The van der Waals surface area contributed by atoms with E-state index in [1.54, 1.807) is 0 Å². The molecule has 1 aromatic rings. The van der Waals surface area contributed by atoms with E-state index in [-0.39, 0.29) is 15.7 Å². The van der Waals surface area contributed by atoms with Crippen LogP contribution < -0.4 is 16.0 Å². The molecule has 6 nitrogen and oxygen atoms in total. The molecule has 2 rings (SSSR count). The third-order valence-electron chi connectivity index (χ3n) is 3.33. The molecule has 4 N–H and O–H groups in total. The Morgan fingerprint density at radius 2 is 2.21 bits per heavy atom. The van der Waals surface area contributed by atoms with Gasteiger partial charge >= 0.3 is 0 Å². The van der Waals surface area contributed by atoms with Gasteiger partial charge in [0.15, 0.2) is 5.82 Å². The molecule has 0 saturated heterocycles. The minimum atomic E-state index is -3.55. The highest BCUT2D eigenvalue weighted by Crippen LogP contribution is 2.29. The van der Waals surface area contributed by atoms with Gasteiger partial charge in [0.1, 0.15) is 4.90 Å². The largest absolute Gasteiger partial charge is 0.307 e. The van der Waals surface area contributed by atoms with Crippen LogP contribution >= 0.6 is 11.6 Å². The third kappa shape index (κ3) is 3.56. The fraction of sp³-hybridized carbons (Fsp3) is 0.545. The molecule has 0 spiro atoms. The van der Waals surface area contributed by atoms with Gasteiger partial charge in [0.25, 0.3) is 0 Å². The second-order valence-electron chi connectivity index (χ2n) is 4.63. The van der Waals surface area contributed by atoms with Crippen LogP contribution in [0.5, 0.6) is 0 Å². The zero-order valence-electron chi connectivity index (χ0n) is 10.4. The quantitative estimate of drug-likeness (QED) is 0.546. The Hall–Kier alpha value is -0.890. The maximum absolute atomic E-state index is 12.0. The predicted octanol–water partition coefficient (Wildman–Crippen LogP) is 1.49. The van der Waals surface area contributed by atoms with Crippen LogP contribution in [0.25, 0.3) is 0 Å². The lowest BCUT2D eigenvalue weighted by Gasteiger charge is -2.25. The van der Waals surface area contributed by atoms with Crippen molar-refractivity contribution in [2.45, 2.75) is 30.6 Å². The van der Waals surface area contributed by atoms with E-state index < -0.39 is 10.0 Å². The topological polar surface area (TPSA) is 97.1 Å². The minimum Gasteiger partial charge on any atom is -0.307 e. The van der Waals surface area contributed by atoms with Crippen molar-refractivity contribution in [2.24, 2.45) is 11.8 Å². The Bertz CT molecular complexity index is 546. The number of nitrogens with two attached hydrogens (primary N) is 1. The molecule has 0 unspecified atom stereocenters. The first-order valence-corrected chi connectivity index (χ1v) is 8.01. The molecule has 0 bridgehead atoms. The van der Waals surface area contributed by atoms with Crippen molar-refractivity contribution in [1.82, 2.24) is 9.71 Å². The Kier molecular flexibility index (Phi) is 4.62.